The standard InChI is InChI=1S/C12H17N3O5/c1-3-13-10(16)7-15(2)12(19)14-6-8-4-5-9(20-8)11(17)18/h4-5H,3,6-7H2,1-2H3,(H,13,16)(H,14,19)(H,17,18). The Morgan fingerprint density at radius 2 is 2.00 bits per heavy atom. The number of nitrogens with one attached hydrogen (secondary N) is 2. The highest BCUT2D eigenvalue weighted by Crippen LogP contribution is 2.07. The van der Waals surface area contributed by atoms with Gasteiger partial charge in [-0.1, -0.05) is 0 Å². The molecule has 0 fully saturated rings. The first-order chi connectivity index (χ1) is 9.43. The molecule has 1 aromatic rings. The molecule has 0 unspecified atom stereocenters. The molecule has 1 aromatic heterocycles. The minimum atomic E-state index is -1.17. The number of furan rings is 1. The van der Waals surface area contributed by atoms with Gasteiger partial charge in [-0.3, -0.25) is 4.79 Å². The molecule has 0 aliphatic carbocycles. The summed E-state index contributed by atoms with van der Waals surface area (Å²) in [5, 5.41) is 13.8. The lowest BCUT2D eigenvalue weighted by molar-refractivity contribution is -0.121. The summed E-state index contributed by atoms with van der Waals surface area (Å²) < 4.78 is 4.98. The van der Waals surface area contributed by atoms with Gasteiger partial charge < -0.3 is 25.1 Å². The van der Waals surface area contributed by atoms with Crippen LogP contribution in [0.2, 0.25) is 0 Å². The Balaban J connectivity index is 2.41. The fraction of sp³-hybridized carbons (Fsp3) is 0.417. The molecule has 1 rings (SSSR count). The van der Waals surface area contributed by atoms with Crippen LogP contribution in [0.1, 0.15) is 23.2 Å². The van der Waals surface area contributed by atoms with Crippen LogP contribution >= 0.6 is 0 Å². The predicted molar refractivity (Wildman–Crippen MR) is 69.2 cm³/mol. The van der Waals surface area contributed by atoms with Crippen LogP contribution in [0.3, 0.4) is 0 Å². The van der Waals surface area contributed by atoms with Crippen molar-refractivity contribution in [3.8, 4) is 0 Å². The highest BCUT2D eigenvalue weighted by molar-refractivity contribution is 5.84. The van der Waals surface area contributed by atoms with E-state index >= 15 is 0 Å². The van der Waals surface area contributed by atoms with Gasteiger partial charge in [0.25, 0.3) is 0 Å². The molecule has 0 aliphatic rings. The number of carbonyl (C=O) groups is 3. The van der Waals surface area contributed by atoms with Crippen molar-refractivity contribution < 1.29 is 23.9 Å². The van der Waals surface area contributed by atoms with Crippen molar-refractivity contribution in [2.45, 2.75) is 13.5 Å². The number of rotatable bonds is 6. The SMILES string of the molecule is CCNC(=O)CN(C)C(=O)NCc1ccc(C(=O)O)o1. The molecule has 3 N–H and O–H groups in total. The maximum absolute atomic E-state index is 11.7. The van der Waals surface area contributed by atoms with Crippen molar-refractivity contribution in [1.82, 2.24) is 15.5 Å². The summed E-state index contributed by atoms with van der Waals surface area (Å²) in [6.07, 6.45) is 0. The zero-order chi connectivity index (χ0) is 15.1. The summed E-state index contributed by atoms with van der Waals surface area (Å²) in [4.78, 5) is 34.8. The van der Waals surface area contributed by atoms with E-state index in [1.165, 1.54) is 24.1 Å². The number of urea groups is 1. The van der Waals surface area contributed by atoms with Crippen molar-refractivity contribution in [2.75, 3.05) is 20.1 Å². The van der Waals surface area contributed by atoms with Crippen LogP contribution in [0.25, 0.3) is 0 Å². The van der Waals surface area contributed by atoms with Gasteiger partial charge in [0.05, 0.1) is 6.54 Å². The van der Waals surface area contributed by atoms with Crippen LogP contribution in [0, 0.1) is 0 Å². The second kappa shape index (κ2) is 7.17. The number of carboxylic acids is 1. The van der Waals surface area contributed by atoms with Gasteiger partial charge in [0.2, 0.25) is 11.7 Å². The van der Waals surface area contributed by atoms with E-state index in [2.05, 4.69) is 10.6 Å². The maximum Gasteiger partial charge on any atom is 0.371 e. The van der Waals surface area contributed by atoms with E-state index in [0.29, 0.717) is 12.3 Å². The van der Waals surface area contributed by atoms with Crippen molar-refractivity contribution in [2.24, 2.45) is 0 Å². The third kappa shape index (κ3) is 4.63. The monoisotopic (exact) mass is 283 g/mol. The fourth-order valence-electron chi connectivity index (χ4n) is 1.43. The van der Waals surface area contributed by atoms with E-state index in [-0.39, 0.29) is 24.8 Å². The Kier molecular flexibility index (Phi) is 5.57. The Morgan fingerprint density at radius 3 is 2.55 bits per heavy atom. The van der Waals surface area contributed by atoms with Crippen molar-refractivity contribution in [1.29, 1.82) is 0 Å². The van der Waals surface area contributed by atoms with Crippen molar-refractivity contribution in [3.05, 3.63) is 23.7 Å². The molecule has 0 saturated heterocycles. The van der Waals surface area contributed by atoms with Gasteiger partial charge >= 0.3 is 12.0 Å². The minimum Gasteiger partial charge on any atom is -0.475 e. The largest absolute Gasteiger partial charge is 0.475 e. The summed E-state index contributed by atoms with van der Waals surface area (Å²) in [6, 6.07) is 2.32. The minimum absolute atomic E-state index is 0.0475. The number of aromatic carboxylic acids is 1. The number of hydrogen-bond donors (Lipinski definition) is 3. The molecule has 0 radical (unpaired) electrons. The third-order valence-electron chi connectivity index (χ3n) is 2.39. The quantitative estimate of drug-likeness (QED) is 0.693. The molecule has 0 bridgehead atoms. The number of carboxylic acid groups (broad SMARTS) is 1. The molecular formula is C12H17N3O5. The molecule has 8 heteroatoms. The molecule has 0 saturated carbocycles. The average Bonchev–Trinajstić information content (AvgIpc) is 2.85. The molecule has 0 aromatic carbocycles. The Bertz CT molecular complexity index is 497. The Hall–Kier alpha value is -2.51. The lowest BCUT2D eigenvalue weighted by Crippen LogP contribution is -2.43. The number of hydrogen-bond acceptors (Lipinski definition) is 4. The van der Waals surface area contributed by atoms with Crippen LogP contribution in [-0.4, -0.2) is 48.1 Å². The van der Waals surface area contributed by atoms with Gasteiger partial charge in [0.1, 0.15) is 12.3 Å². The summed E-state index contributed by atoms with van der Waals surface area (Å²) in [7, 11) is 1.48. The summed E-state index contributed by atoms with van der Waals surface area (Å²) >= 11 is 0. The van der Waals surface area contributed by atoms with Crippen LogP contribution in [0.5, 0.6) is 0 Å². The molecule has 0 aliphatic heterocycles. The topological polar surface area (TPSA) is 112 Å². The van der Waals surface area contributed by atoms with Crippen LogP contribution in [0.4, 0.5) is 4.79 Å². The molecule has 20 heavy (non-hydrogen) atoms. The molecular weight excluding hydrogens is 266 g/mol. The number of likely N-dealkylation sites (N-methyl/N-ethyl adjacent to an activating group) is 2. The zero-order valence-electron chi connectivity index (χ0n) is 11.3. The second-order valence-electron chi connectivity index (χ2n) is 4.04. The van der Waals surface area contributed by atoms with Crippen LogP contribution in [-0.2, 0) is 11.3 Å². The van der Waals surface area contributed by atoms with Crippen molar-refractivity contribution in [3.63, 3.8) is 0 Å². The van der Waals surface area contributed by atoms with Crippen molar-refractivity contribution >= 4 is 17.9 Å². The third-order valence-corrected chi connectivity index (χ3v) is 2.39. The molecule has 0 spiro atoms. The highest BCUT2D eigenvalue weighted by atomic mass is 16.4. The van der Waals surface area contributed by atoms with Gasteiger partial charge in [0, 0.05) is 13.6 Å². The maximum atomic E-state index is 11.7. The van der Waals surface area contributed by atoms with Crippen LogP contribution in [0.15, 0.2) is 16.5 Å². The molecule has 0 atom stereocenters. The van der Waals surface area contributed by atoms with E-state index in [1.54, 1.807) is 6.92 Å². The summed E-state index contributed by atoms with van der Waals surface area (Å²) in [5.74, 6) is -1.29. The molecule has 8 nitrogen and oxygen atoms in total. The highest BCUT2D eigenvalue weighted by Gasteiger charge is 2.13. The predicted octanol–water partition coefficient (Wildman–Crippen LogP) is 0.255. The summed E-state index contributed by atoms with van der Waals surface area (Å²) in [5.41, 5.74) is 0. The van der Waals surface area contributed by atoms with Gasteiger partial charge in [-0.25, -0.2) is 9.59 Å². The van der Waals surface area contributed by atoms with E-state index in [4.69, 9.17) is 9.52 Å². The van der Waals surface area contributed by atoms with Gasteiger partial charge in [-0.15, -0.1) is 0 Å². The lowest BCUT2D eigenvalue weighted by atomic mass is 10.4. The average molecular weight is 283 g/mol. The van der Waals surface area contributed by atoms with E-state index < -0.39 is 12.0 Å². The van der Waals surface area contributed by atoms with Gasteiger partial charge in [-0.05, 0) is 19.1 Å². The Morgan fingerprint density at radius 1 is 1.30 bits per heavy atom. The van der Waals surface area contributed by atoms with Crippen LogP contribution < -0.4 is 10.6 Å². The first-order valence-electron chi connectivity index (χ1n) is 6.01. The van der Waals surface area contributed by atoms with Gasteiger partial charge in [-0.2, -0.15) is 0 Å². The summed E-state index contributed by atoms with van der Waals surface area (Å²) in [6.45, 7) is 2.28. The number of amides is 3. The van der Waals surface area contributed by atoms with E-state index in [0.717, 1.165) is 0 Å². The first kappa shape index (κ1) is 15.5. The second-order valence-corrected chi connectivity index (χ2v) is 4.04. The Labute approximate surface area is 115 Å². The molecule has 110 valence electrons. The number of carbonyl (C=O) groups excluding carboxylic acids is 2. The van der Waals surface area contributed by atoms with Gasteiger partial charge in [0.15, 0.2) is 0 Å². The number of nitrogens with zero attached hydrogens (tertiary/aromatic N) is 1. The lowest BCUT2D eigenvalue weighted by Gasteiger charge is -2.16. The smallest absolute Gasteiger partial charge is 0.371 e. The van der Waals surface area contributed by atoms with E-state index in [9.17, 15) is 14.4 Å². The normalized spacial score (nSPS) is 9.90. The molecule has 1 heterocycles. The molecule has 3 amide bonds. The fourth-order valence-corrected chi connectivity index (χ4v) is 1.43. The van der Waals surface area contributed by atoms with E-state index in [1.807, 2.05) is 0 Å². The first-order valence-corrected chi connectivity index (χ1v) is 6.01. The zero-order valence-corrected chi connectivity index (χ0v) is 11.3.